The van der Waals surface area contributed by atoms with Gasteiger partial charge in [0.05, 0.1) is 25.4 Å². The van der Waals surface area contributed by atoms with E-state index in [0.717, 1.165) is 44.9 Å². The Kier molecular flexibility index (Phi) is 58.5. The van der Waals surface area contributed by atoms with Crippen LogP contribution in [-0.4, -0.2) is 47.4 Å². The van der Waals surface area contributed by atoms with Gasteiger partial charge >= 0.3 is 5.97 Å². The third kappa shape index (κ3) is 55.7. The molecular weight excluding hydrogens is 863 g/mol. The molecule has 2 unspecified atom stereocenters. The number of carbonyl (C=O) groups is 2. The van der Waals surface area contributed by atoms with Crippen LogP contribution in [-0.2, 0) is 14.3 Å². The maximum Gasteiger partial charge on any atom is 0.305 e. The monoisotopic (exact) mass is 986 g/mol. The molecule has 0 fully saturated rings. The molecule has 0 saturated heterocycles. The van der Waals surface area contributed by atoms with Gasteiger partial charge < -0.3 is 20.3 Å². The minimum atomic E-state index is -0.660. The van der Waals surface area contributed by atoms with E-state index in [1.54, 1.807) is 0 Å². The number of aliphatic hydroxyl groups excluding tert-OH is 2. The van der Waals surface area contributed by atoms with Crippen LogP contribution in [0.15, 0.2) is 24.3 Å². The Bertz CT molecular complexity index is 1090. The maximum absolute atomic E-state index is 12.4. The summed E-state index contributed by atoms with van der Waals surface area (Å²) in [5.74, 6) is -0.0262. The number of unbranched alkanes of at least 4 members (excludes halogenated alkanes) is 44. The Balaban J connectivity index is 3.33. The number of amides is 1. The minimum absolute atomic E-state index is 0.00867. The van der Waals surface area contributed by atoms with Gasteiger partial charge in [-0.1, -0.05) is 282 Å². The van der Waals surface area contributed by atoms with Crippen LogP contribution in [0, 0.1) is 0 Å². The van der Waals surface area contributed by atoms with Crippen LogP contribution in [0.3, 0.4) is 0 Å². The molecule has 414 valence electrons. The number of carbonyl (C=O) groups excluding carboxylic acids is 2. The van der Waals surface area contributed by atoms with Crippen molar-refractivity contribution >= 4 is 11.9 Å². The summed E-state index contributed by atoms with van der Waals surface area (Å²) in [6.07, 6.45) is 73.6. The molecule has 0 aromatic rings. The Morgan fingerprint density at radius 2 is 0.671 bits per heavy atom. The van der Waals surface area contributed by atoms with Gasteiger partial charge in [-0.3, -0.25) is 9.59 Å². The summed E-state index contributed by atoms with van der Waals surface area (Å²) in [5.41, 5.74) is 0. The zero-order chi connectivity index (χ0) is 50.7. The second-order valence-electron chi connectivity index (χ2n) is 21.7. The van der Waals surface area contributed by atoms with Crippen molar-refractivity contribution in [3.63, 3.8) is 0 Å². The molecule has 0 aliphatic carbocycles. The number of ether oxygens (including phenoxy) is 1. The average molecular weight is 987 g/mol. The van der Waals surface area contributed by atoms with Crippen molar-refractivity contribution in [2.45, 2.75) is 360 Å². The highest BCUT2D eigenvalue weighted by molar-refractivity contribution is 5.76. The molecule has 0 bridgehead atoms. The Labute approximate surface area is 437 Å². The summed E-state index contributed by atoms with van der Waals surface area (Å²) in [6, 6.07) is -0.538. The lowest BCUT2D eigenvalue weighted by Gasteiger charge is -2.22. The van der Waals surface area contributed by atoms with Gasteiger partial charge in [-0.15, -0.1) is 0 Å². The molecule has 0 saturated carbocycles. The number of aliphatic hydroxyl groups is 2. The molecule has 0 aromatic carbocycles. The van der Waals surface area contributed by atoms with E-state index in [-0.39, 0.29) is 18.5 Å². The molecule has 1 amide bonds. The van der Waals surface area contributed by atoms with Gasteiger partial charge in [0, 0.05) is 12.8 Å². The van der Waals surface area contributed by atoms with Crippen LogP contribution in [0.25, 0.3) is 0 Å². The van der Waals surface area contributed by atoms with E-state index in [1.807, 2.05) is 0 Å². The first-order chi connectivity index (χ1) is 34.5. The molecule has 0 spiro atoms. The predicted octanol–water partition coefficient (Wildman–Crippen LogP) is 19.8. The third-order valence-electron chi connectivity index (χ3n) is 14.7. The Hall–Kier alpha value is -1.66. The van der Waals surface area contributed by atoms with E-state index >= 15 is 0 Å². The number of hydrogen-bond donors (Lipinski definition) is 3. The zero-order valence-electron chi connectivity index (χ0n) is 47.3. The fourth-order valence-corrected chi connectivity index (χ4v) is 9.87. The highest BCUT2D eigenvalue weighted by Gasteiger charge is 2.20. The molecule has 0 aliphatic heterocycles. The summed E-state index contributed by atoms with van der Waals surface area (Å²) in [7, 11) is 0. The standard InChI is InChI=1S/C64H123NO5/c1-3-5-7-9-11-13-14-15-35-38-42-46-50-54-58-64(69)70-59-55-51-47-43-39-36-33-31-29-27-25-23-21-19-17-16-18-20-22-24-26-28-30-32-34-37-41-45-49-53-57-63(68)65-61(60-66)62(67)56-52-48-44-40-12-10-8-6-4-2/h14-15,17,19,61-62,66-67H,3-13,16,18,20-60H2,1-2H3,(H,65,68)/b15-14-,19-17-. The van der Waals surface area contributed by atoms with Crippen LogP contribution in [0.4, 0.5) is 0 Å². The van der Waals surface area contributed by atoms with E-state index < -0.39 is 12.1 Å². The number of esters is 1. The first kappa shape index (κ1) is 68.3. The van der Waals surface area contributed by atoms with Crippen molar-refractivity contribution in [3.8, 4) is 0 Å². The number of nitrogens with one attached hydrogen (secondary N) is 1. The molecule has 3 N–H and O–H groups in total. The minimum Gasteiger partial charge on any atom is -0.466 e. The van der Waals surface area contributed by atoms with Crippen molar-refractivity contribution in [1.82, 2.24) is 5.32 Å². The maximum atomic E-state index is 12.4. The van der Waals surface area contributed by atoms with E-state index in [2.05, 4.69) is 43.5 Å². The quantitative estimate of drug-likeness (QED) is 0.0321. The average Bonchev–Trinajstić information content (AvgIpc) is 3.36. The molecule has 0 radical (unpaired) electrons. The molecule has 0 rings (SSSR count). The lowest BCUT2D eigenvalue weighted by Crippen LogP contribution is -2.45. The predicted molar refractivity (Wildman–Crippen MR) is 306 cm³/mol. The molecule has 6 nitrogen and oxygen atoms in total. The third-order valence-corrected chi connectivity index (χ3v) is 14.7. The van der Waals surface area contributed by atoms with E-state index in [1.165, 1.54) is 270 Å². The molecule has 2 atom stereocenters. The summed E-state index contributed by atoms with van der Waals surface area (Å²) in [5, 5.41) is 23.1. The molecule has 0 heterocycles. The molecule has 70 heavy (non-hydrogen) atoms. The normalized spacial score (nSPS) is 12.7. The molecule has 0 aliphatic rings. The van der Waals surface area contributed by atoms with E-state index in [0.29, 0.717) is 25.9 Å². The number of allylic oxidation sites excluding steroid dienone is 4. The van der Waals surface area contributed by atoms with Crippen LogP contribution < -0.4 is 5.32 Å². The zero-order valence-corrected chi connectivity index (χ0v) is 47.3. The topological polar surface area (TPSA) is 95.9 Å². The van der Waals surface area contributed by atoms with Crippen molar-refractivity contribution < 1.29 is 24.5 Å². The van der Waals surface area contributed by atoms with Crippen molar-refractivity contribution in [1.29, 1.82) is 0 Å². The van der Waals surface area contributed by atoms with Gasteiger partial charge in [-0.2, -0.15) is 0 Å². The fourth-order valence-electron chi connectivity index (χ4n) is 9.87. The van der Waals surface area contributed by atoms with Gasteiger partial charge in [0.15, 0.2) is 0 Å². The Morgan fingerprint density at radius 1 is 0.386 bits per heavy atom. The van der Waals surface area contributed by atoms with Crippen LogP contribution in [0.1, 0.15) is 348 Å². The van der Waals surface area contributed by atoms with Crippen molar-refractivity contribution in [2.75, 3.05) is 13.2 Å². The molecule has 0 aromatic heterocycles. The second-order valence-corrected chi connectivity index (χ2v) is 21.7. The van der Waals surface area contributed by atoms with Crippen molar-refractivity contribution in [2.24, 2.45) is 0 Å². The van der Waals surface area contributed by atoms with Gasteiger partial charge in [-0.25, -0.2) is 0 Å². The number of hydrogen-bond acceptors (Lipinski definition) is 5. The smallest absolute Gasteiger partial charge is 0.305 e. The summed E-state index contributed by atoms with van der Waals surface area (Å²) in [4.78, 5) is 24.5. The first-order valence-corrected chi connectivity index (χ1v) is 31.6. The summed E-state index contributed by atoms with van der Waals surface area (Å²) >= 11 is 0. The van der Waals surface area contributed by atoms with Crippen LogP contribution >= 0.6 is 0 Å². The highest BCUT2D eigenvalue weighted by Crippen LogP contribution is 2.17. The lowest BCUT2D eigenvalue weighted by atomic mass is 10.0. The first-order valence-electron chi connectivity index (χ1n) is 31.6. The van der Waals surface area contributed by atoms with Gasteiger partial charge in [-0.05, 0) is 77.0 Å². The summed E-state index contributed by atoms with van der Waals surface area (Å²) in [6.45, 7) is 4.94. The lowest BCUT2D eigenvalue weighted by molar-refractivity contribution is -0.143. The van der Waals surface area contributed by atoms with E-state index in [9.17, 15) is 19.8 Å². The van der Waals surface area contributed by atoms with Crippen LogP contribution in [0.5, 0.6) is 0 Å². The van der Waals surface area contributed by atoms with Gasteiger partial charge in [0.1, 0.15) is 0 Å². The van der Waals surface area contributed by atoms with Crippen molar-refractivity contribution in [3.05, 3.63) is 24.3 Å². The van der Waals surface area contributed by atoms with E-state index in [4.69, 9.17) is 4.74 Å². The second kappa shape index (κ2) is 59.9. The van der Waals surface area contributed by atoms with Gasteiger partial charge in [0.25, 0.3) is 0 Å². The molecular formula is C64H123NO5. The van der Waals surface area contributed by atoms with Crippen LogP contribution in [0.2, 0.25) is 0 Å². The molecule has 6 heteroatoms. The Morgan fingerprint density at radius 3 is 1.01 bits per heavy atom. The highest BCUT2D eigenvalue weighted by atomic mass is 16.5. The number of rotatable bonds is 59. The summed E-state index contributed by atoms with van der Waals surface area (Å²) < 4.78 is 5.48. The SMILES string of the molecule is CCCCCCC/C=C\CCCCCCCC(=O)OCCCCCCCCCCCCCC/C=C\CCCCCCCCCCCCCCCCC(=O)NC(CO)C(O)CCCCCCCCCCC. The largest absolute Gasteiger partial charge is 0.466 e. The van der Waals surface area contributed by atoms with Gasteiger partial charge in [0.2, 0.25) is 5.91 Å². The fraction of sp³-hybridized carbons (Fsp3) is 0.906.